The molecule has 0 aromatic heterocycles. The van der Waals surface area contributed by atoms with Crippen LogP contribution >= 0.6 is 11.6 Å². The Labute approximate surface area is 85.3 Å². The van der Waals surface area contributed by atoms with Gasteiger partial charge in [-0.1, -0.05) is 17.5 Å². The topological polar surface area (TPSA) is 54.4 Å². The first kappa shape index (κ1) is 10.3. The standard InChI is InChI=1S/C10H5ClO3/c11-9-6-8(10(13)14)4-3-7(9)2-1-5-12/h3-6H,(H,13,14). The molecule has 14 heavy (non-hydrogen) atoms. The maximum Gasteiger partial charge on any atom is 0.335 e. The quantitative estimate of drug-likeness (QED) is 0.563. The molecular weight excluding hydrogens is 204 g/mol. The number of aldehydes is 1. The fraction of sp³-hybridized carbons (Fsp3) is 0. The van der Waals surface area contributed by atoms with E-state index in [0.29, 0.717) is 11.8 Å². The number of halogens is 1. The van der Waals surface area contributed by atoms with Crippen LogP contribution in [0.4, 0.5) is 0 Å². The molecule has 70 valence electrons. The van der Waals surface area contributed by atoms with Gasteiger partial charge in [-0.05, 0) is 24.1 Å². The fourth-order valence-electron chi connectivity index (χ4n) is 0.857. The Morgan fingerprint density at radius 3 is 2.71 bits per heavy atom. The third-order valence-corrected chi connectivity index (χ3v) is 1.79. The minimum Gasteiger partial charge on any atom is -0.478 e. The number of carbonyl (C=O) groups excluding carboxylic acids is 1. The number of carboxylic acids is 1. The summed E-state index contributed by atoms with van der Waals surface area (Å²) in [6.07, 6.45) is 0.446. The molecule has 0 heterocycles. The van der Waals surface area contributed by atoms with Gasteiger partial charge >= 0.3 is 5.97 Å². The van der Waals surface area contributed by atoms with E-state index < -0.39 is 5.97 Å². The third kappa shape index (κ3) is 2.35. The Balaban J connectivity index is 3.13. The van der Waals surface area contributed by atoms with E-state index in [0.717, 1.165) is 0 Å². The van der Waals surface area contributed by atoms with E-state index in [9.17, 15) is 9.59 Å². The van der Waals surface area contributed by atoms with Crippen LogP contribution < -0.4 is 0 Å². The van der Waals surface area contributed by atoms with Gasteiger partial charge in [0, 0.05) is 5.56 Å². The molecule has 0 fully saturated rings. The second-order valence-electron chi connectivity index (χ2n) is 2.39. The van der Waals surface area contributed by atoms with E-state index in [1.807, 2.05) is 0 Å². The molecule has 0 aliphatic heterocycles. The summed E-state index contributed by atoms with van der Waals surface area (Å²) in [5.41, 5.74) is 0.524. The van der Waals surface area contributed by atoms with Crippen molar-refractivity contribution in [3.8, 4) is 11.8 Å². The van der Waals surface area contributed by atoms with E-state index in [1.54, 1.807) is 0 Å². The smallest absolute Gasteiger partial charge is 0.335 e. The van der Waals surface area contributed by atoms with Crippen LogP contribution in [-0.4, -0.2) is 17.4 Å². The van der Waals surface area contributed by atoms with Crippen molar-refractivity contribution in [3.05, 3.63) is 34.3 Å². The van der Waals surface area contributed by atoms with Crippen molar-refractivity contribution in [1.82, 2.24) is 0 Å². The zero-order valence-electron chi connectivity index (χ0n) is 6.95. The highest BCUT2D eigenvalue weighted by Gasteiger charge is 2.04. The van der Waals surface area contributed by atoms with Crippen molar-refractivity contribution in [1.29, 1.82) is 0 Å². The Kier molecular flexibility index (Phi) is 3.27. The predicted octanol–water partition coefficient (Wildman–Crippen LogP) is 1.59. The summed E-state index contributed by atoms with van der Waals surface area (Å²) < 4.78 is 0. The number of aromatic carboxylic acids is 1. The second kappa shape index (κ2) is 4.45. The monoisotopic (exact) mass is 208 g/mol. The van der Waals surface area contributed by atoms with Gasteiger partial charge in [-0.25, -0.2) is 4.79 Å². The van der Waals surface area contributed by atoms with Crippen molar-refractivity contribution in [2.75, 3.05) is 0 Å². The highest BCUT2D eigenvalue weighted by Crippen LogP contribution is 2.16. The maximum atomic E-state index is 10.5. The van der Waals surface area contributed by atoms with Gasteiger partial charge in [0.05, 0.1) is 10.6 Å². The average molecular weight is 209 g/mol. The van der Waals surface area contributed by atoms with Crippen LogP contribution in [0.15, 0.2) is 18.2 Å². The SMILES string of the molecule is O=CC#Cc1ccc(C(=O)O)cc1Cl. The van der Waals surface area contributed by atoms with E-state index in [1.165, 1.54) is 18.2 Å². The van der Waals surface area contributed by atoms with Crippen molar-refractivity contribution in [2.45, 2.75) is 0 Å². The first-order chi connectivity index (χ1) is 6.65. The number of carboxylic acid groups (broad SMARTS) is 1. The zero-order chi connectivity index (χ0) is 10.6. The minimum absolute atomic E-state index is 0.0895. The second-order valence-corrected chi connectivity index (χ2v) is 2.79. The van der Waals surface area contributed by atoms with E-state index in [4.69, 9.17) is 16.7 Å². The summed E-state index contributed by atoms with van der Waals surface area (Å²) >= 11 is 5.73. The molecule has 1 rings (SSSR count). The van der Waals surface area contributed by atoms with Crippen LogP contribution in [0.3, 0.4) is 0 Å². The van der Waals surface area contributed by atoms with Gasteiger partial charge < -0.3 is 5.11 Å². The summed E-state index contributed by atoms with van der Waals surface area (Å²) in [6, 6.07) is 4.13. The molecule has 1 aromatic carbocycles. The van der Waals surface area contributed by atoms with Crippen molar-refractivity contribution in [2.24, 2.45) is 0 Å². The molecular formula is C10H5ClO3. The van der Waals surface area contributed by atoms with Crippen molar-refractivity contribution >= 4 is 23.9 Å². The molecule has 0 atom stereocenters. The number of rotatable bonds is 1. The van der Waals surface area contributed by atoms with Crippen LogP contribution in [0, 0.1) is 11.8 Å². The van der Waals surface area contributed by atoms with Gasteiger partial charge in [0.2, 0.25) is 0 Å². The normalized spacial score (nSPS) is 8.64. The molecule has 0 bridgehead atoms. The summed E-state index contributed by atoms with van der Waals surface area (Å²) in [7, 11) is 0. The van der Waals surface area contributed by atoms with Gasteiger partial charge in [0.25, 0.3) is 0 Å². The highest BCUT2D eigenvalue weighted by molar-refractivity contribution is 6.32. The fourth-order valence-corrected chi connectivity index (χ4v) is 1.08. The largest absolute Gasteiger partial charge is 0.478 e. The zero-order valence-corrected chi connectivity index (χ0v) is 7.71. The van der Waals surface area contributed by atoms with E-state index in [2.05, 4.69) is 11.8 Å². The predicted molar refractivity (Wildman–Crippen MR) is 51.4 cm³/mol. The maximum absolute atomic E-state index is 10.5. The number of hydrogen-bond donors (Lipinski definition) is 1. The average Bonchev–Trinajstić information content (AvgIpc) is 2.15. The minimum atomic E-state index is -1.05. The highest BCUT2D eigenvalue weighted by atomic mass is 35.5. The molecule has 1 N–H and O–H groups in total. The summed E-state index contributed by atoms with van der Waals surface area (Å²) in [6.45, 7) is 0. The van der Waals surface area contributed by atoms with E-state index in [-0.39, 0.29) is 10.6 Å². The van der Waals surface area contributed by atoms with Gasteiger partial charge in [0.15, 0.2) is 6.29 Å². The summed E-state index contributed by atoms with van der Waals surface area (Å²) in [4.78, 5) is 20.5. The molecule has 0 spiro atoms. The van der Waals surface area contributed by atoms with Gasteiger partial charge in [0.1, 0.15) is 0 Å². The lowest BCUT2D eigenvalue weighted by Crippen LogP contribution is -1.95. The van der Waals surface area contributed by atoms with Crippen LogP contribution in [-0.2, 0) is 4.79 Å². The van der Waals surface area contributed by atoms with Crippen molar-refractivity contribution < 1.29 is 14.7 Å². The molecule has 0 saturated carbocycles. The van der Waals surface area contributed by atoms with Crippen LogP contribution in [0.2, 0.25) is 5.02 Å². The molecule has 0 saturated heterocycles. The van der Waals surface area contributed by atoms with Gasteiger partial charge in [-0.3, -0.25) is 4.79 Å². The number of carbonyl (C=O) groups is 2. The number of hydrogen-bond acceptors (Lipinski definition) is 2. The van der Waals surface area contributed by atoms with Crippen molar-refractivity contribution in [3.63, 3.8) is 0 Å². The Morgan fingerprint density at radius 1 is 1.50 bits per heavy atom. The van der Waals surface area contributed by atoms with Crippen LogP contribution in [0.5, 0.6) is 0 Å². The molecule has 0 aliphatic carbocycles. The number of benzene rings is 1. The van der Waals surface area contributed by atoms with Gasteiger partial charge in [-0.2, -0.15) is 0 Å². The third-order valence-electron chi connectivity index (χ3n) is 1.48. The summed E-state index contributed by atoms with van der Waals surface area (Å²) in [5.74, 6) is 3.62. The first-order valence-electron chi connectivity index (χ1n) is 3.63. The van der Waals surface area contributed by atoms with Crippen LogP contribution in [0.25, 0.3) is 0 Å². The molecule has 3 nitrogen and oxygen atoms in total. The molecule has 0 aliphatic rings. The lowest BCUT2D eigenvalue weighted by atomic mass is 10.1. The lowest BCUT2D eigenvalue weighted by Gasteiger charge is -1.97. The Morgan fingerprint density at radius 2 is 2.21 bits per heavy atom. The molecule has 1 aromatic rings. The van der Waals surface area contributed by atoms with Gasteiger partial charge in [-0.15, -0.1) is 0 Å². The molecule has 0 unspecified atom stereocenters. The van der Waals surface area contributed by atoms with E-state index >= 15 is 0 Å². The lowest BCUT2D eigenvalue weighted by molar-refractivity contribution is -0.103. The Bertz CT molecular complexity index is 440. The first-order valence-corrected chi connectivity index (χ1v) is 4.01. The van der Waals surface area contributed by atoms with Crippen LogP contribution in [0.1, 0.15) is 15.9 Å². The Hall–Kier alpha value is -1.79. The molecule has 0 radical (unpaired) electrons. The molecule has 4 heteroatoms. The molecule has 0 amide bonds. The summed E-state index contributed by atoms with van der Waals surface area (Å²) in [5, 5.41) is 8.85.